The molecule has 1 amide bonds. The van der Waals surface area contributed by atoms with Gasteiger partial charge in [0.1, 0.15) is 5.75 Å². The second kappa shape index (κ2) is 5.92. The van der Waals surface area contributed by atoms with Crippen LogP contribution in [-0.4, -0.2) is 30.3 Å². The Morgan fingerprint density at radius 2 is 2.16 bits per heavy atom. The minimum atomic E-state index is -0.735. The Hall–Kier alpha value is -1.07. The molecular formula is C14H18BrNO3. The number of aliphatic hydroxyl groups is 1. The highest BCUT2D eigenvalue weighted by Gasteiger charge is 2.31. The zero-order chi connectivity index (χ0) is 13.9. The van der Waals surface area contributed by atoms with E-state index >= 15 is 0 Å². The third-order valence-electron chi connectivity index (χ3n) is 3.53. The summed E-state index contributed by atoms with van der Waals surface area (Å²) in [6.45, 7) is 0.301. The summed E-state index contributed by atoms with van der Waals surface area (Å²) in [6, 6.07) is 5.24. The molecule has 4 nitrogen and oxygen atoms in total. The number of rotatable bonds is 4. The molecule has 19 heavy (non-hydrogen) atoms. The largest absolute Gasteiger partial charge is 0.497 e. The van der Waals surface area contributed by atoms with E-state index in [1.54, 1.807) is 25.3 Å². The second-order valence-corrected chi connectivity index (χ2v) is 5.81. The molecule has 0 aromatic heterocycles. The molecule has 0 atom stereocenters. The molecule has 1 aromatic carbocycles. The van der Waals surface area contributed by atoms with Crippen LogP contribution in [0.15, 0.2) is 22.7 Å². The van der Waals surface area contributed by atoms with E-state index < -0.39 is 5.60 Å². The van der Waals surface area contributed by atoms with Gasteiger partial charge in [-0.1, -0.05) is 12.8 Å². The Morgan fingerprint density at radius 1 is 1.47 bits per heavy atom. The van der Waals surface area contributed by atoms with Crippen LogP contribution < -0.4 is 10.1 Å². The molecule has 1 saturated carbocycles. The van der Waals surface area contributed by atoms with Crippen LogP contribution in [0.3, 0.4) is 0 Å². The molecule has 104 valence electrons. The summed E-state index contributed by atoms with van der Waals surface area (Å²) in [5.74, 6) is 0.430. The van der Waals surface area contributed by atoms with E-state index in [9.17, 15) is 9.90 Å². The Kier molecular flexibility index (Phi) is 4.47. The lowest BCUT2D eigenvalue weighted by atomic mass is 10.0. The zero-order valence-corrected chi connectivity index (χ0v) is 12.5. The van der Waals surface area contributed by atoms with Gasteiger partial charge < -0.3 is 15.2 Å². The lowest BCUT2D eigenvalue weighted by molar-refractivity contribution is 0.0449. The molecule has 0 radical (unpaired) electrons. The van der Waals surface area contributed by atoms with Crippen LogP contribution >= 0.6 is 15.9 Å². The number of ether oxygens (including phenoxy) is 1. The SMILES string of the molecule is COc1ccc(Br)c(C(=O)NCC2(O)CCCC2)c1. The molecule has 0 saturated heterocycles. The molecular weight excluding hydrogens is 310 g/mol. The molecule has 1 aromatic rings. The predicted molar refractivity (Wildman–Crippen MR) is 76.4 cm³/mol. The molecule has 0 spiro atoms. The highest BCUT2D eigenvalue weighted by molar-refractivity contribution is 9.10. The number of hydrogen-bond donors (Lipinski definition) is 2. The summed E-state index contributed by atoms with van der Waals surface area (Å²) >= 11 is 3.35. The molecule has 0 bridgehead atoms. The number of carbonyl (C=O) groups is 1. The minimum absolute atomic E-state index is 0.203. The van der Waals surface area contributed by atoms with Gasteiger partial charge in [-0.25, -0.2) is 0 Å². The number of nitrogens with one attached hydrogen (secondary N) is 1. The second-order valence-electron chi connectivity index (χ2n) is 4.96. The van der Waals surface area contributed by atoms with Crippen LogP contribution in [0.5, 0.6) is 5.75 Å². The predicted octanol–water partition coefficient (Wildman–Crippen LogP) is 2.49. The van der Waals surface area contributed by atoms with Gasteiger partial charge in [0.15, 0.2) is 0 Å². The monoisotopic (exact) mass is 327 g/mol. The molecule has 5 heteroatoms. The van der Waals surface area contributed by atoms with E-state index in [4.69, 9.17) is 4.74 Å². The van der Waals surface area contributed by atoms with Gasteiger partial charge >= 0.3 is 0 Å². The minimum Gasteiger partial charge on any atom is -0.497 e. The number of methoxy groups -OCH3 is 1. The lowest BCUT2D eigenvalue weighted by Crippen LogP contribution is -2.40. The number of halogens is 1. The van der Waals surface area contributed by atoms with E-state index in [-0.39, 0.29) is 5.91 Å². The van der Waals surface area contributed by atoms with E-state index in [1.165, 1.54) is 0 Å². The highest BCUT2D eigenvalue weighted by Crippen LogP contribution is 2.29. The summed E-state index contributed by atoms with van der Waals surface area (Å²) in [4.78, 5) is 12.1. The van der Waals surface area contributed by atoms with Crippen LogP contribution in [0.25, 0.3) is 0 Å². The fourth-order valence-electron chi connectivity index (χ4n) is 2.36. The Labute approximate surface area is 121 Å². The highest BCUT2D eigenvalue weighted by atomic mass is 79.9. The van der Waals surface area contributed by atoms with Gasteiger partial charge in [-0.15, -0.1) is 0 Å². The van der Waals surface area contributed by atoms with Crippen molar-refractivity contribution in [3.05, 3.63) is 28.2 Å². The van der Waals surface area contributed by atoms with Crippen molar-refractivity contribution >= 4 is 21.8 Å². The van der Waals surface area contributed by atoms with Crippen LogP contribution in [0, 0.1) is 0 Å². The van der Waals surface area contributed by atoms with Crippen molar-refractivity contribution < 1.29 is 14.6 Å². The standard InChI is InChI=1S/C14H18BrNO3/c1-19-10-4-5-12(15)11(8-10)13(17)16-9-14(18)6-2-3-7-14/h4-5,8,18H,2-3,6-7,9H2,1H3,(H,16,17). The van der Waals surface area contributed by atoms with E-state index in [2.05, 4.69) is 21.2 Å². The van der Waals surface area contributed by atoms with Crippen molar-refractivity contribution in [1.29, 1.82) is 0 Å². The quantitative estimate of drug-likeness (QED) is 0.893. The lowest BCUT2D eigenvalue weighted by Gasteiger charge is -2.22. The average Bonchev–Trinajstić information content (AvgIpc) is 2.84. The maximum absolute atomic E-state index is 12.1. The third kappa shape index (κ3) is 3.48. The average molecular weight is 328 g/mol. The molecule has 2 N–H and O–H groups in total. The van der Waals surface area contributed by atoms with Crippen molar-refractivity contribution in [2.45, 2.75) is 31.3 Å². The maximum atomic E-state index is 12.1. The summed E-state index contributed by atoms with van der Waals surface area (Å²) < 4.78 is 5.82. The van der Waals surface area contributed by atoms with E-state index in [0.717, 1.165) is 25.7 Å². The normalized spacial score (nSPS) is 17.2. The molecule has 2 rings (SSSR count). The fraction of sp³-hybridized carbons (Fsp3) is 0.500. The van der Waals surface area contributed by atoms with E-state index in [1.807, 2.05) is 0 Å². The van der Waals surface area contributed by atoms with Gasteiger partial charge in [0.25, 0.3) is 5.91 Å². The Morgan fingerprint density at radius 3 is 2.79 bits per heavy atom. The van der Waals surface area contributed by atoms with Crippen molar-refractivity contribution in [3.8, 4) is 5.75 Å². The molecule has 0 aliphatic heterocycles. The van der Waals surface area contributed by atoms with Crippen molar-refractivity contribution in [1.82, 2.24) is 5.32 Å². The van der Waals surface area contributed by atoms with Crippen LogP contribution in [0.4, 0.5) is 0 Å². The maximum Gasteiger partial charge on any atom is 0.252 e. The van der Waals surface area contributed by atoms with Crippen LogP contribution in [0.2, 0.25) is 0 Å². The van der Waals surface area contributed by atoms with E-state index in [0.29, 0.717) is 22.3 Å². The summed E-state index contributed by atoms with van der Waals surface area (Å²) in [7, 11) is 1.56. The van der Waals surface area contributed by atoms with Crippen molar-refractivity contribution in [2.75, 3.05) is 13.7 Å². The topological polar surface area (TPSA) is 58.6 Å². The number of amides is 1. The first kappa shape index (κ1) is 14.3. The van der Waals surface area contributed by atoms with Gasteiger partial charge in [0.05, 0.1) is 18.3 Å². The molecule has 1 aliphatic carbocycles. The van der Waals surface area contributed by atoms with Crippen molar-refractivity contribution in [2.24, 2.45) is 0 Å². The first-order chi connectivity index (χ1) is 9.04. The third-order valence-corrected chi connectivity index (χ3v) is 4.22. The first-order valence-electron chi connectivity index (χ1n) is 6.38. The summed E-state index contributed by atoms with van der Waals surface area (Å²) in [5, 5.41) is 13.0. The van der Waals surface area contributed by atoms with Gasteiger partial charge in [-0.05, 0) is 47.0 Å². The molecule has 0 unspecified atom stereocenters. The van der Waals surface area contributed by atoms with Crippen LogP contribution in [-0.2, 0) is 0 Å². The summed E-state index contributed by atoms with van der Waals surface area (Å²) in [6.07, 6.45) is 3.56. The number of hydrogen-bond acceptors (Lipinski definition) is 3. The Bertz CT molecular complexity index is 470. The van der Waals surface area contributed by atoms with Gasteiger partial charge in [-0.3, -0.25) is 4.79 Å². The summed E-state index contributed by atoms with van der Waals surface area (Å²) in [5.41, 5.74) is -0.220. The molecule has 0 heterocycles. The first-order valence-corrected chi connectivity index (χ1v) is 7.17. The van der Waals surface area contributed by atoms with Gasteiger partial charge in [0, 0.05) is 11.0 Å². The molecule has 1 fully saturated rings. The zero-order valence-electron chi connectivity index (χ0n) is 10.9. The Balaban J connectivity index is 2.03. The van der Waals surface area contributed by atoms with Gasteiger partial charge in [-0.2, -0.15) is 0 Å². The fourth-order valence-corrected chi connectivity index (χ4v) is 2.78. The van der Waals surface area contributed by atoms with Crippen LogP contribution in [0.1, 0.15) is 36.0 Å². The smallest absolute Gasteiger partial charge is 0.252 e. The number of benzene rings is 1. The number of carbonyl (C=O) groups excluding carboxylic acids is 1. The molecule has 1 aliphatic rings. The van der Waals surface area contributed by atoms with Gasteiger partial charge in [0.2, 0.25) is 0 Å². The van der Waals surface area contributed by atoms with Crippen molar-refractivity contribution in [3.63, 3.8) is 0 Å².